The Labute approximate surface area is 191 Å². The van der Waals surface area contributed by atoms with E-state index in [1.807, 2.05) is 13.8 Å². The number of nitrogens with zero attached hydrogens (tertiary/aromatic N) is 6. The van der Waals surface area contributed by atoms with E-state index >= 15 is 0 Å². The molecule has 0 bridgehead atoms. The van der Waals surface area contributed by atoms with Crippen molar-refractivity contribution in [3.8, 4) is 0 Å². The average molecular weight is 476 g/mol. The van der Waals surface area contributed by atoms with Crippen LogP contribution >= 0.6 is 11.8 Å². The molecule has 3 rings (SSSR count). The van der Waals surface area contributed by atoms with Crippen molar-refractivity contribution in [3.63, 3.8) is 0 Å². The van der Waals surface area contributed by atoms with Crippen molar-refractivity contribution in [2.24, 2.45) is 27.1 Å². The van der Waals surface area contributed by atoms with Gasteiger partial charge in [-0.25, -0.2) is 19.6 Å². The molecule has 0 aliphatic heterocycles. The Kier molecular flexibility index (Phi) is 6.45. The minimum Gasteiger partial charge on any atom is -0.384 e. The zero-order chi connectivity index (χ0) is 24.8. The van der Waals surface area contributed by atoms with E-state index in [-0.39, 0.29) is 39.1 Å². The molecular weight excluding hydrogens is 450 g/mol. The molecule has 0 spiro atoms. The molecule has 0 radical (unpaired) electrons. The van der Waals surface area contributed by atoms with Gasteiger partial charge in [-0.1, -0.05) is 25.6 Å². The number of aryl methyl sites for hydroxylation is 1. The third kappa shape index (κ3) is 4.15. The highest BCUT2D eigenvalue weighted by molar-refractivity contribution is 8.00. The quantitative estimate of drug-likeness (QED) is 0.279. The summed E-state index contributed by atoms with van der Waals surface area (Å²) in [6, 6.07) is 0. The van der Waals surface area contributed by atoms with Gasteiger partial charge in [0.15, 0.2) is 11.4 Å². The number of nitrogens with two attached hydrogens (primary N) is 1. The van der Waals surface area contributed by atoms with Gasteiger partial charge in [-0.2, -0.15) is 0 Å². The van der Waals surface area contributed by atoms with Crippen LogP contribution in [0, 0.1) is 12.8 Å². The van der Waals surface area contributed by atoms with Gasteiger partial charge in [0.2, 0.25) is 0 Å². The molecule has 176 valence electrons. The summed E-state index contributed by atoms with van der Waals surface area (Å²) >= 11 is 0.936. The van der Waals surface area contributed by atoms with E-state index in [0.29, 0.717) is 12.4 Å². The van der Waals surface area contributed by atoms with E-state index in [9.17, 15) is 24.0 Å². The lowest BCUT2D eigenvalue weighted by atomic mass is 10.2. The Morgan fingerprint density at radius 1 is 0.970 bits per heavy atom. The molecule has 0 aliphatic rings. The van der Waals surface area contributed by atoms with Crippen molar-refractivity contribution in [1.29, 1.82) is 0 Å². The lowest BCUT2D eigenvalue weighted by molar-refractivity contribution is 0.102. The van der Waals surface area contributed by atoms with Gasteiger partial charge >= 0.3 is 11.4 Å². The van der Waals surface area contributed by atoms with Gasteiger partial charge in [-0.3, -0.25) is 32.7 Å². The fourth-order valence-corrected chi connectivity index (χ4v) is 4.34. The Balaban J connectivity index is 2.14. The Bertz CT molecular complexity index is 1530. The number of ketones is 1. The van der Waals surface area contributed by atoms with Crippen LogP contribution in [0.1, 0.15) is 30.0 Å². The molecule has 0 saturated heterocycles. The van der Waals surface area contributed by atoms with Crippen LogP contribution in [-0.4, -0.2) is 39.8 Å². The largest absolute Gasteiger partial charge is 0.384 e. The summed E-state index contributed by atoms with van der Waals surface area (Å²) in [6.45, 7) is 5.83. The number of aromatic nitrogens is 6. The molecule has 0 amide bonds. The van der Waals surface area contributed by atoms with E-state index in [1.54, 1.807) is 6.92 Å². The van der Waals surface area contributed by atoms with Crippen molar-refractivity contribution in [1.82, 2.24) is 28.2 Å². The first kappa shape index (κ1) is 24.2. The maximum atomic E-state index is 12.9. The number of rotatable bonds is 6. The lowest BCUT2D eigenvalue weighted by Crippen LogP contribution is -2.41. The molecule has 0 saturated carbocycles. The molecule has 33 heavy (non-hydrogen) atoms. The van der Waals surface area contributed by atoms with Gasteiger partial charge in [0.1, 0.15) is 27.6 Å². The van der Waals surface area contributed by atoms with Crippen molar-refractivity contribution in [2.45, 2.75) is 32.3 Å². The number of carbonyl (C=O) groups excluding carboxylic acids is 1. The van der Waals surface area contributed by atoms with Gasteiger partial charge in [-0.05, 0) is 12.8 Å². The number of thioether (sulfide) groups is 1. The van der Waals surface area contributed by atoms with Crippen molar-refractivity contribution < 1.29 is 4.79 Å². The summed E-state index contributed by atoms with van der Waals surface area (Å²) in [5.41, 5.74) is 3.22. The molecule has 3 heterocycles. The molecule has 12 nitrogen and oxygen atoms in total. The number of carbonyl (C=O) groups is 1. The standard InChI is InChI=1S/C20H25N7O5S/c1-9(2)7-27-15-13(18(30)26(6)20(27)32)16(23-10(3)22-15)33-8-11(28)12-14(21)24(4)19(31)25(5)17(12)29/h9H,7-8,21H2,1-6H3. The third-order valence-corrected chi connectivity index (χ3v) is 6.11. The first-order chi connectivity index (χ1) is 15.4. The second-order valence-electron chi connectivity index (χ2n) is 8.10. The van der Waals surface area contributed by atoms with Crippen LogP contribution in [-0.2, 0) is 27.7 Å². The maximum absolute atomic E-state index is 12.9. The Morgan fingerprint density at radius 2 is 1.58 bits per heavy atom. The third-order valence-electron chi connectivity index (χ3n) is 5.14. The fraction of sp³-hybridized carbons (Fsp3) is 0.450. The van der Waals surface area contributed by atoms with E-state index < -0.39 is 28.3 Å². The van der Waals surface area contributed by atoms with Gasteiger partial charge in [-0.15, -0.1) is 0 Å². The first-order valence-electron chi connectivity index (χ1n) is 10.1. The highest BCUT2D eigenvalue weighted by Gasteiger charge is 2.23. The minimum absolute atomic E-state index is 0.111. The number of anilines is 1. The molecule has 3 aromatic heterocycles. The van der Waals surface area contributed by atoms with Crippen molar-refractivity contribution in [2.75, 3.05) is 11.5 Å². The number of Topliss-reactive ketones (excluding diaryl/α,β-unsaturated/α-hetero) is 1. The number of hydrogen-bond acceptors (Lipinski definition) is 9. The summed E-state index contributed by atoms with van der Waals surface area (Å²) in [6.07, 6.45) is 0. The lowest BCUT2D eigenvalue weighted by Gasteiger charge is -2.15. The average Bonchev–Trinajstić information content (AvgIpc) is 2.75. The molecule has 0 aliphatic carbocycles. The summed E-state index contributed by atoms with van der Waals surface area (Å²) in [5.74, 6) is -0.694. The molecule has 13 heteroatoms. The van der Waals surface area contributed by atoms with Crippen LogP contribution in [0.4, 0.5) is 5.82 Å². The topological polar surface area (TPSA) is 157 Å². The monoisotopic (exact) mass is 475 g/mol. The Morgan fingerprint density at radius 3 is 2.18 bits per heavy atom. The summed E-state index contributed by atoms with van der Waals surface area (Å²) in [4.78, 5) is 71.7. The zero-order valence-corrected chi connectivity index (χ0v) is 20.0. The zero-order valence-electron chi connectivity index (χ0n) is 19.2. The first-order valence-corrected chi connectivity index (χ1v) is 11.0. The van der Waals surface area contributed by atoms with Gasteiger partial charge in [0.05, 0.1) is 5.75 Å². The van der Waals surface area contributed by atoms with Crippen LogP contribution in [0.3, 0.4) is 0 Å². The van der Waals surface area contributed by atoms with E-state index in [2.05, 4.69) is 9.97 Å². The van der Waals surface area contributed by atoms with E-state index in [4.69, 9.17) is 5.73 Å². The molecule has 0 fully saturated rings. The van der Waals surface area contributed by atoms with Crippen LogP contribution < -0.4 is 28.2 Å². The van der Waals surface area contributed by atoms with Crippen molar-refractivity contribution >= 4 is 34.4 Å². The summed E-state index contributed by atoms with van der Waals surface area (Å²) in [7, 11) is 3.99. The molecule has 2 N–H and O–H groups in total. The predicted octanol–water partition coefficient (Wildman–Crippen LogP) is -0.591. The van der Waals surface area contributed by atoms with Crippen molar-refractivity contribution in [3.05, 3.63) is 53.1 Å². The van der Waals surface area contributed by atoms with E-state index in [1.165, 1.54) is 25.7 Å². The van der Waals surface area contributed by atoms with E-state index in [0.717, 1.165) is 25.5 Å². The summed E-state index contributed by atoms with van der Waals surface area (Å²) in [5, 5.41) is 0.326. The fourth-order valence-electron chi connectivity index (χ4n) is 3.40. The molecule has 0 aromatic carbocycles. The number of hydrogen-bond donors (Lipinski definition) is 1. The maximum Gasteiger partial charge on any atom is 0.332 e. The minimum atomic E-state index is -0.799. The normalized spacial score (nSPS) is 11.5. The highest BCUT2D eigenvalue weighted by atomic mass is 32.2. The molecule has 3 aromatic rings. The highest BCUT2D eigenvalue weighted by Crippen LogP contribution is 2.24. The van der Waals surface area contributed by atoms with Crippen LogP contribution in [0.25, 0.3) is 11.0 Å². The predicted molar refractivity (Wildman–Crippen MR) is 125 cm³/mol. The smallest absolute Gasteiger partial charge is 0.332 e. The van der Waals surface area contributed by atoms with Gasteiger partial charge < -0.3 is 5.73 Å². The van der Waals surface area contributed by atoms with Crippen LogP contribution in [0.5, 0.6) is 0 Å². The van der Waals surface area contributed by atoms with Crippen LogP contribution in [0.15, 0.2) is 24.2 Å². The second-order valence-corrected chi connectivity index (χ2v) is 9.07. The number of nitrogen functional groups attached to an aromatic ring is 1. The van der Waals surface area contributed by atoms with Crippen LogP contribution in [0.2, 0.25) is 0 Å². The SMILES string of the molecule is Cc1nc(SCC(=O)c2c(N)n(C)c(=O)n(C)c2=O)c2c(=O)n(C)c(=O)n(CC(C)C)c2n1. The summed E-state index contributed by atoms with van der Waals surface area (Å²) < 4.78 is 4.22. The van der Waals surface area contributed by atoms with Gasteiger partial charge in [0, 0.05) is 27.7 Å². The molecular formula is C20H25N7O5S. The Hall–Kier alpha value is -3.48. The number of fused-ring (bicyclic) bond motifs is 1. The second kappa shape index (κ2) is 8.81. The van der Waals surface area contributed by atoms with Gasteiger partial charge in [0.25, 0.3) is 11.1 Å². The molecule has 0 atom stereocenters. The molecule has 0 unspecified atom stereocenters.